The van der Waals surface area contributed by atoms with Gasteiger partial charge in [-0.3, -0.25) is 0 Å². The molecule has 0 spiro atoms. The normalized spacial score (nSPS) is 9.14. The summed E-state index contributed by atoms with van der Waals surface area (Å²) in [7, 11) is 0. The smallest absolute Gasteiger partial charge is 0.294 e. The first-order valence-electron chi connectivity index (χ1n) is 3.30. The molecule has 0 aliphatic carbocycles. The number of aromatic hydroxyl groups is 1. The van der Waals surface area contributed by atoms with Crippen LogP contribution in [-0.2, 0) is 0 Å². The predicted octanol–water partition coefficient (Wildman–Crippen LogP) is 1.88. The van der Waals surface area contributed by atoms with Crippen LogP contribution in [0.15, 0.2) is 0 Å². The summed E-state index contributed by atoms with van der Waals surface area (Å²) in [5.41, 5.74) is -0.605. The number of nitrogens with zero attached hydrogens (tertiary/aromatic N) is 2. The Labute approximate surface area is 89.1 Å². The summed E-state index contributed by atoms with van der Waals surface area (Å²) in [6.07, 6.45) is 0. The van der Waals surface area contributed by atoms with Gasteiger partial charge in [-0.05, 0) is 0 Å². The van der Waals surface area contributed by atoms with Crippen LogP contribution in [0.25, 0.3) is 0 Å². The van der Waals surface area contributed by atoms with Crippen molar-refractivity contribution < 1.29 is 10.2 Å². The molecule has 1 aromatic carbocycles. The zero-order valence-corrected chi connectivity index (χ0v) is 8.11. The highest BCUT2D eigenvalue weighted by Gasteiger charge is 2.24. The molecule has 14 heavy (non-hydrogen) atoms. The van der Waals surface area contributed by atoms with Crippen molar-refractivity contribution in [2.45, 2.75) is 0 Å². The van der Waals surface area contributed by atoms with Gasteiger partial charge in [0, 0.05) is 0 Å². The Kier molecular flexibility index (Phi) is 2.71. The molecule has 0 atom stereocenters. The minimum atomic E-state index is -0.563. The van der Waals surface area contributed by atoms with Gasteiger partial charge in [-0.2, -0.15) is 10.5 Å². The second-order valence-electron chi connectivity index (χ2n) is 2.33. The first-order valence-corrected chi connectivity index (χ1v) is 4.05. The van der Waals surface area contributed by atoms with Gasteiger partial charge >= 0.3 is 0 Å². The molecule has 0 unspecified atom stereocenters. The van der Waals surface area contributed by atoms with Crippen molar-refractivity contribution in [1.82, 2.24) is 0 Å². The maximum absolute atomic E-state index is 9.34. The van der Waals surface area contributed by atoms with Crippen LogP contribution in [0.5, 0.6) is 11.5 Å². The van der Waals surface area contributed by atoms with E-state index in [0.717, 1.165) is 0 Å². The zero-order chi connectivity index (χ0) is 10.9. The molecular weight excluding hydrogens is 227 g/mol. The lowest BCUT2D eigenvalue weighted by atomic mass is 10.1. The molecule has 0 aromatic heterocycles. The SMILES string of the molecule is N#Cc1c(O)c(Cl)c(Cl)c([OH2+])c1C#N. The maximum atomic E-state index is 9.34. The van der Waals surface area contributed by atoms with Crippen LogP contribution < -0.4 is 0 Å². The summed E-state index contributed by atoms with van der Waals surface area (Å²) in [5.74, 6) is -0.916. The first-order chi connectivity index (χ1) is 6.54. The molecule has 0 saturated heterocycles. The van der Waals surface area contributed by atoms with Crippen LogP contribution in [-0.4, -0.2) is 10.2 Å². The van der Waals surface area contributed by atoms with Crippen molar-refractivity contribution in [3.63, 3.8) is 0 Å². The third kappa shape index (κ3) is 1.31. The van der Waals surface area contributed by atoms with Crippen LogP contribution in [0.4, 0.5) is 0 Å². The Morgan fingerprint density at radius 1 is 1.07 bits per heavy atom. The largest absolute Gasteiger partial charge is 0.591 e. The highest BCUT2D eigenvalue weighted by atomic mass is 35.5. The molecule has 0 radical (unpaired) electrons. The summed E-state index contributed by atoms with van der Waals surface area (Å²) in [5, 5.41) is 33.5. The molecule has 4 nitrogen and oxygen atoms in total. The number of hydrogen-bond acceptors (Lipinski definition) is 3. The average molecular weight is 230 g/mol. The molecular formula is C8H3Cl2N2O2+. The Morgan fingerprint density at radius 3 is 2.00 bits per heavy atom. The van der Waals surface area contributed by atoms with Gasteiger partial charge < -0.3 is 10.2 Å². The molecule has 0 bridgehead atoms. The fourth-order valence-corrected chi connectivity index (χ4v) is 1.27. The molecule has 0 heterocycles. The van der Waals surface area contributed by atoms with Gasteiger partial charge in [0.1, 0.15) is 22.7 Å². The lowest BCUT2D eigenvalue weighted by molar-refractivity contribution is 0.458. The van der Waals surface area contributed by atoms with Gasteiger partial charge in [0.2, 0.25) is 0 Å². The van der Waals surface area contributed by atoms with E-state index in [1.54, 1.807) is 12.1 Å². The van der Waals surface area contributed by atoms with E-state index in [1.807, 2.05) is 0 Å². The number of nitriles is 2. The van der Waals surface area contributed by atoms with Crippen molar-refractivity contribution in [2.75, 3.05) is 0 Å². The average Bonchev–Trinajstić information content (AvgIpc) is 2.20. The molecule has 1 rings (SSSR count). The predicted molar refractivity (Wildman–Crippen MR) is 50.6 cm³/mol. The van der Waals surface area contributed by atoms with E-state index in [9.17, 15) is 5.11 Å². The second-order valence-corrected chi connectivity index (χ2v) is 3.08. The van der Waals surface area contributed by atoms with Crippen LogP contribution in [0.1, 0.15) is 11.1 Å². The highest BCUT2D eigenvalue weighted by molar-refractivity contribution is 6.44. The molecule has 0 saturated carbocycles. The Hall–Kier alpha value is -1.62. The zero-order valence-electron chi connectivity index (χ0n) is 6.60. The van der Waals surface area contributed by atoms with Crippen molar-refractivity contribution >= 4 is 23.2 Å². The highest BCUT2D eigenvalue weighted by Crippen LogP contribution is 2.43. The van der Waals surface area contributed by atoms with Crippen LogP contribution in [0.2, 0.25) is 10.0 Å². The summed E-state index contributed by atoms with van der Waals surface area (Å²) in [6.45, 7) is 0. The van der Waals surface area contributed by atoms with Gasteiger partial charge in [-0.15, -0.1) is 0 Å². The minimum absolute atomic E-state index is 0.236. The van der Waals surface area contributed by atoms with E-state index in [1.165, 1.54) is 0 Å². The number of halogens is 2. The number of benzene rings is 1. The fraction of sp³-hybridized carbons (Fsp3) is 0. The lowest BCUT2D eigenvalue weighted by Crippen LogP contribution is -1.88. The lowest BCUT2D eigenvalue weighted by Gasteiger charge is -2.03. The molecule has 0 amide bonds. The summed E-state index contributed by atoms with van der Waals surface area (Å²) >= 11 is 11.1. The van der Waals surface area contributed by atoms with Crippen molar-refractivity contribution in [3.8, 4) is 23.6 Å². The molecule has 70 valence electrons. The van der Waals surface area contributed by atoms with Crippen molar-refractivity contribution in [3.05, 3.63) is 21.2 Å². The van der Waals surface area contributed by atoms with E-state index >= 15 is 0 Å². The van der Waals surface area contributed by atoms with E-state index in [4.69, 9.17) is 38.8 Å². The van der Waals surface area contributed by atoms with Crippen LogP contribution in [0, 0.1) is 22.7 Å². The van der Waals surface area contributed by atoms with E-state index in [-0.39, 0.29) is 26.9 Å². The quantitative estimate of drug-likeness (QED) is 0.689. The van der Waals surface area contributed by atoms with E-state index in [2.05, 4.69) is 0 Å². The van der Waals surface area contributed by atoms with Gasteiger partial charge in [0.05, 0.1) is 0 Å². The molecule has 3 N–H and O–H groups in total. The topological polar surface area (TPSA) is 90.7 Å². The molecule has 6 heteroatoms. The monoisotopic (exact) mass is 229 g/mol. The Balaban J connectivity index is 3.79. The first kappa shape index (κ1) is 10.5. The third-order valence-corrected chi connectivity index (χ3v) is 2.42. The van der Waals surface area contributed by atoms with Gasteiger partial charge in [-0.1, -0.05) is 23.2 Å². The van der Waals surface area contributed by atoms with E-state index < -0.39 is 5.75 Å². The Bertz CT molecular complexity index is 441. The number of phenols is 1. The summed E-state index contributed by atoms with van der Waals surface area (Å²) in [6, 6.07) is 3.20. The van der Waals surface area contributed by atoms with Gasteiger partial charge in [0.15, 0.2) is 16.3 Å². The Morgan fingerprint density at radius 2 is 1.57 bits per heavy atom. The molecule has 0 aliphatic rings. The number of phenolic OH excluding ortho intramolecular Hbond substituents is 1. The standard InChI is InChI=1S/C8H2Cl2N2O2/c9-5-6(10)8(14)4(2-12)3(1-11)7(5)13/h13-14H/p+1. The van der Waals surface area contributed by atoms with Crippen LogP contribution >= 0.6 is 23.2 Å². The van der Waals surface area contributed by atoms with Crippen molar-refractivity contribution in [2.24, 2.45) is 0 Å². The van der Waals surface area contributed by atoms with E-state index in [0.29, 0.717) is 0 Å². The van der Waals surface area contributed by atoms with Crippen LogP contribution in [0.3, 0.4) is 0 Å². The van der Waals surface area contributed by atoms with Gasteiger partial charge in [-0.25, -0.2) is 0 Å². The number of rotatable bonds is 0. The summed E-state index contributed by atoms with van der Waals surface area (Å²) in [4.78, 5) is 0. The van der Waals surface area contributed by atoms with Crippen molar-refractivity contribution in [1.29, 1.82) is 10.5 Å². The fourth-order valence-electron chi connectivity index (χ4n) is 0.897. The van der Waals surface area contributed by atoms with Gasteiger partial charge in [0.25, 0.3) is 5.75 Å². The summed E-state index contributed by atoms with van der Waals surface area (Å²) < 4.78 is 0. The minimum Gasteiger partial charge on any atom is -0.591 e. The second kappa shape index (κ2) is 3.63. The maximum Gasteiger partial charge on any atom is 0.294 e. The molecule has 0 aliphatic heterocycles. The molecule has 0 fully saturated rings. The number of hydrogen-bond donors (Lipinski definition) is 1. The molecule has 1 aromatic rings. The third-order valence-electron chi connectivity index (χ3n) is 1.58.